The average molecular weight is 327 g/mol. The smallest absolute Gasteiger partial charge is 0.117 e. The van der Waals surface area contributed by atoms with Gasteiger partial charge in [-0.3, -0.25) is 4.90 Å². The van der Waals surface area contributed by atoms with E-state index in [2.05, 4.69) is 11.8 Å². The molecule has 1 aromatic carbocycles. The fraction of sp³-hybridized carbons (Fsp3) is 0.375. The molecule has 0 amide bonds. The number of nitrogens with zero attached hydrogens (tertiary/aromatic N) is 1. The average Bonchev–Trinajstić information content (AvgIpc) is 2.99. The van der Waals surface area contributed by atoms with Crippen molar-refractivity contribution in [2.45, 2.75) is 25.9 Å². The van der Waals surface area contributed by atoms with Crippen LogP contribution in [0.3, 0.4) is 0 Å². The first-order valence-electron chi connectivity index (χ1n) is 7.06. The van der Waals surface area contributed by atoms with Gasteiger partial charge < -0.3 is 10.2 Å². The molecular formula is C16H20Cl2N2O. The maximum atomic E-state index is 6.25. The van der Waals surface area contributed by atoms with E-state index in [9.17, 15) is 0 Å². The Balaban J connectivity index is 1.92. The lowest BCUT2D eigenvalue weighted by Crippen LogP contribution is -2.27. The van der Waals surface area contributed by atoms with Crippen LogP contribution < -0.4 is 5.73 Å². The second-order valence-electron chi connectivity index (χ2n) is 4.99. The summed E-state index contributed by atoms with van der Waals surface area (Å²) in [4.78, 5) is 2.29. The lowest BCUT2D eigenvalue weighted by molar-refractivity contribution is 0.246. The van der Waals surface area contributed by atoms with E-state index in [-0.39, 0.29) is 6.04 Å². The van der Waals surface area contributed by atoms with E-state index in [1.54, 1.807) is 12.3 Å². The summed E-state index contributed by atoms with van der Waals surface area (Å²) in [5.41, 5.74) is 7.15. The molecule has 1 atom stereocenters. The number of nitrogens with two attached hydrogens (primary N) is 1. The first kappa shape index (κ1) is 16.4. The number of halogens is 2. The van der Waals surface area contributed by atoms with Crippen LogP contribution in [-0.2, 0) is 6.54 Å². The Morgan fingerprint density at radius 2 is 2.05 bits per heavy atom. The Bertz CT molecular complexity index is 557. The van der Waals surface area contributed by atoms with E-state index in [1.807, 2.05) is 24.3 Å². The van der Waals surface area contributed by atoms with Crippen LogP contribution >= 0.6 is 23.2 Å². The van der Waals surface area contributed by atoms with Gasteiger partial charge in [-0.15, -0.1) is 0 Å². The van der Waals surface area contributed by atoms with Gasteiger partial charge in [0, 0.05) is 12.6 Å². The zero-order valence-corrected chi connectivity index (χ0v) is 13.6. The highest BCUT2D eigenvalue weighted by molar-refractivity contribution is 6.42. The van der Waals surface area contributed by atoms with Crippen molar-refractivity contribution in [2.75, 3.05) is 13.1 Å². The van der Waals surface area contributed by atoms with E-state index in [1.165, 1.54) is 0 Å². The minimum Gasteiger partial charge on any atom is -0.468 e. The lowest BCUT2D eigenvalue weighted by atomic mass is 10.0. The molecule has 0 fully saturated rings. The highest BCUT2D eigenvalue weighted by atomic mass is 35.5. The van der Waals surface area contributed by atoms with Crippen molar-refractivity contribution in [3.8, 4) is 0 Å². The molecule has 0 saturated carbocycles. The Morgan fingerprint density at radius 1 is 1.24 bits per heavy atom. The summed E-state index contributed by atoms with van der Waals surface area (Å²) in [7, 11) is 0. The summed E-state index contributed by atoms with van der Waals surface area (Å²) in [5, 5.41) is 1.10. The van der Waals surface area contributed by atoms with E-state index in [4.69, 9.17) is 33.4 Å². The third-order valence-electron chi connectivity index (χ3n) is 3.54. The quantitative estimate of drug-likeness (QED) is 0.814. The molecule has 0 aliphatic rings. The highest BCUT2D eigenvalue weighted by Gasteiger charge is 2.14. The predicted molar refractivity (Wildman–Crippen MR) is 87.7 cm³/mol. The molecule has 0 aliphatic heterocycles. The van der Waals surface area contributed by atoms with Crippen LogP contribution in [0.5, 0.6) is 0 Å². The van der Waals surface area contributed by atoms with E-state index >= 15 is 0 Å². The van der Waals surface area contributed by atoms with Crippen molar-refractivity contribution < 1.29 is 4.42 Å². The summed E-state index contributed by atoms with van der Waals surface area (Å²) in [6.45, 7) is 4.73. The number of benzene rings is 1. The van der Waals surface area contributed by atoms with Gasteiger partial charge in [0.1, 0.15) is 5.76 Å². The molecule has 0 bridgehead atoms. The molecule has 1 heterocycles. The van der Waals surface area contributed by atoms with Crippen LogP contribution in [0.4, 0.5) is 0 Å². The van der Waals surface area contributed by atoms with Gasteiger partial charge in [0.15, 0.2) is 0 Å². The lowest BCUT2D eigenvalue weighted by Gasteiger charge is -2.22. The van der Waals surface area contributed by atoms with Crippen molar-refractivity contribution in [1.82, 2.24) is 4.90 Å². The standard InChI is InChI=1S/C16H20Cl2N2O/c1-2-20(11-12-5-4-10-21-12)9-8-15(19)13-6-3-7-14(17)16(13)18/h3-7,10,15H,2,8-9,11,19H2,1H3. The molecular weight excluding hydrogens is 307 g/mol. The third-order valence-corrected chi connectivity index (χ3v) is 4.38. The third kappa shape index (κ3) is 4.48. The molecule has 1 aromatic heterocycles. The van der Waals surface area contributed by atoms with Crippen LogP contribution in [0, 0.1) is 0 Å². The van der Waals surface area contributed by atoms with Crippen LogP contribution in [0.2, 0.25) is 10.0 Å². The summed E-state index contributed by atoms with van der Waals surface area (Å²) >= 11 is 12.2. The number of rotatable bonds is 7. The molecule has 0 radical (unpaired) electrons. The van der Waals surface area contributed by atoms with Gasteiger partial charge in [0.25, 0.3) is 0 Å². The number of hydrogen-bond acceptors (Lipinski definition) is 3. The van der Waals surface area contributed by atoms with Crippen molar-refractivity contribution >= 4 is 23.2 Å². The zero-order chi connectivity index (χ0) is 15.2. The molecule has 1 unspecified atom stereocenters. The Kier molecular flexibility index (Phi) is 6.12. The minimum atomic E-state index is -0.123. The topological polar surface area (TPSA) is 42.4 Å². The van der Waals surface area contributed by atoms with Gasteiger partial charge in [0.2, 0.25) is 0 Å². The molecule has 114 valence electrons. The summed E-state index contributed by atoms with van der Waals surface area (Å²) in [6.07, 6.45) is 2.51. The molecule has 2 N–H and O–H groups in total. The monoisotopic (exact) mass is 326 g/mol. The van der Waals surface area contributed by atoms with Crippen molar-refractivity contribution in [1.29, 1.82) is 0 Å². The first-order valence-corrected chi connectivity index (χ1v) is 7.81. The fourth-order valence-electron chi connectivity index (χ4n) is 2.26. The van der Waals surface area contributed by atoms with E-state index < -0.39 is 0 Å². The van der Waals surface area contributed by atoms with Gasteiger partial charge in [-0.05, 0) is 36.7 Å². The molecule has 21 heavy (non-hydrogen) atoms. The number of hydrogen-bond donors (Lipinski definition) is 1. The minimum absolute atomic E-state index is 0.123. The largest absolute Gasteiger partial charge is 0.468 e. The van der Waals surface area contributed by atoms with Crippen LogP contribution in [-0.4, -0.2) is 18.0 Å². The molecule has 2 rings (SSSR count). The highest BCUT2D eigenvalue weighted by Crippen LogP contribution is 2.30. The van der Waals surface area contributed by atoms with Crippen molar-refractivity contribution in [3.05, 3.63) is 58.0 Å². The van der Waals surface area contributed by atoms with Crippen molar-refractivity contribution in [2.24, 2.45) is 5.73 Å². The molecule has 0 spiro atoms. The molecule has 0 saturated heterocycles. The van der Waals surface area contributed by atoms with Gasteiger partial charge in [-0.25, -0.2) is 0 Å². The summed E-state index contributed by atoms with van der Waals surface area (Å²) < 4.78 is 5.38. The maximum Gasteiger partial charge on any atom is 0.117 e. The zero-order valence-electron chi connectivity index (χ0n) is 12.1. The Labute approximate surface area is 135 Å². The predicted octanol–water partition coefficient (Wildman–Crippen LogP) is 4.50. The van der Waals surface area contributed by atoms with Gasteiger partial charge in [-0.1, -0.05) is 42.3 Å². The Morgan fingerprint density at radius 3 is 2.71 bits per heavy atom. The van der Waals surface area contributed by atoms with E-state index in [0.717, 1.165) is 37.4 Å². The van der Waals surface area contributed by atoms with Crippen molar-refractivity contribution in [3.63, 3.8) is 0 Å². The second kappa shape index (κ2) is 7.85. The van der Waals surface area contributed by atoms with Gasteiger partial charge in [-0.2, -0.15) is 0 Å². The van der Waals surface area contributed by atoms with Crippen LogP contribution in [0.25, 0.3) is 0 Å². The molecule has 0 aliphatic carbocycles. The maximum absolute atomic E-state index is 6.25. The van der Waals surface area contributed by atoms with Crippen LogP contribution in [0.15, 0.2) is 41.0 Å². The summed E-state index contributed by atoms with van der Waals surface area (Å²) in [6, 6.07) is 9.35. The SMILES string of the molecule is CCN(CCC(N)c1cccc(Cl)c1Cl)Cc1ccco1. The van der Waals surface area contributed by atoms with Gasteiger partial charge in [0.05, 0.1) is 22.9 Å². The van der Waals surface area contributed by atoms with E-state index in [0.29, 0.717) is 10.0 Å². The normalized spacial score (nSPS) is 12.8. The first-order chi connectivity index (χ1) is 10.1. The summed E-state index contributed by atoms with van der Waals surface area (Å²) in [5.74, 6) is 0.964. The fourth-order valence-corrected chi connectivity index (χ4v) is 2.70. The van der Waals surface area contributed by atoms with Gasteiger partial charge >= 0.3 is 0 Å². The number of furan rings is 1. The molecule has 5 heteroatoms. The second-order valence-corrected chi connectivity index (χ2v) is 5.77. The molecule has 2 aromatic rings. The Hall–Kier alpha value is -1.00. The molecule has 3 nitrogen and oxygen atoms in total. The van der Waals surface area contributed by atoms with Crippen LogP contribution in [0.1, 0.15) is 30.7 Å².